The summed E-state index contributed by atoms with van der Waals surface area (Å²) in [6.07, 6.45) is -1.47. The second-order valence-corrected chi connectivity index (χ2v) is 8.41. The number of ether oxygens (including phenoxy) is 1. The molecule has 0 radical (unpaired) electrons. The van der Waals surface area contributed by atoms with Crippen LogP contribution in [0.1, 0.15) is 34.5 Å². The molecule has 9 nitrogen and oxygen atoms in total. The minimum Gasteiger partial charge on any atom is -0.491 e. The predicted molar refractivity (Wildman–Crippen MR) is 122 cm³/mol. The highest BCUT2D eigenvalue weighted by molar-refractivity contribution is 6.11. The molecule has 1 saturated heterocycles. The van der Waals surface area contributed by atoms with Crippen molar-refractivity contribution >= 4 is 28.7 Å². The fraction of sp³-hybridized carbons (Fsp3) is 0.391. The van der Waals surface area contributed by atoms with Crippen LogP contribution in [0.25, 0.3) is 11.0 Å². The molecule has 1 fully saturated rings. The summed E-state index contributed by atoms with van der Waals surface area (Å²) in [7, 11) is 1.70. The Hall–Kier alpha value is -3.74. The maximum absolute atomic E-state index is 13.5. The Bertz CT molecular complexity index is 1300. The van der Waals surface area contributed by atoms with Crippen LogP contribution in [0.3, 0.4) is 0 Å². The highest BCUT2D eigenvalue weighted by atomic mass is 19.4. The number of urea groups is 1. The third-order valence-corrected chi connectivity index (χ3v) is 5.83. The van der Waals surface area contributed by atoms with Crippen LogP contribution in [0.5, 0.6) is 5.75 Å². The molecule has 2 aromatic heterocycles. The van der Waals surface area contributed by atoms with Gasteiger partial charge in [-0.15, -0.1) is 0 Å². The molecule has 192 valence electrons. The van der Waals surface area contributed by atoms with Crippen molar-refractivity contribution in [1.29, 1.82) is 0 Å². The quantitative estimate of drug-likeness (QED) is 0.491. The van der Waals surface area contributed by atoms with Gasteiger partial charge in [0.2, 0.25) is 0 Å². The van der Waals surface area contributed by atoms with Crippen LogP contribution < -0.4 is 15.4 Å². The number of anilines is 1. The number of likely N-dealkylation sites (tertiary alicyclic amines) is 1. The monoisotopic (exact) mass is 508 g/mol. The first-order chi connectivity index (χ1) is 17.0. The number of aryl methyl sites for hydroxylation is 2. The molecule has 1 aromatic carbocycles. The van der Waals surface area contributed by atoms with E-state index in [2.05, 4.69) is 25.6 Å². The molecule has 0 aliphatic carbocycles. The largest absolute Gasteiger partial charge is 0.491 e. The molecule has 36 heavy (non-hydrogen) atoms. The van der Waals surface area contributed by atoms with Gasteiger partial charge in [-0.05, 0) is 51.1 Å². The number of hydrogen-bond acceptors (Lipinski definition) is 6. The zero-order valence-corrected chi connectivity index (χ0v) is 19.6. The van der Waals surface area contributed by atoms with Crippen molar-refractivity contribution in [1.82, 2.24) is 25.0 Å². The molecule has 1 aliphatic heterocycles. The molecular weight excluding hydrogens is 484 g/mol. The fourth-order valence-corrected chi connectivity index (χ4v) is 4.13. The molecule has 0 bridgehead atoms. The number of benzene rings is 1. The molecule has 0 saturated carbocycles. The second-order valence-electron chi connectivity index (χ2n) is 8.41. The van der Waals surface area contributed by atoms with E-state index >= 15 is 0 Å². The van der Waals surface area contributed by atoms with Crippen LogP contribution in [0, 0.1) is 12.7 Å². The Morgan fingerprint density at radius 3 is 2.61 bits per heavy atom. The molecule has 3 aromatic rings. The number of nitrogens with one attached hydrogen (secondary N) is 2. The average Bonchev–Trinajstić information content (AvgIpc) is 3.42. The molecule has 3 heterocycles. The molecule has 1 aliphatic rings. The van der Waals surface area contributed by atoms with E-state index in [9.17, 15) is 27.2 Å². The zero-order valence-electron chi connectivity index (χ0n) is 19.6. The summed E-state index contributed by atoms with van der Waals surface area (Å²) >= 11 is 0. The van der Waals surface area contributed by atoms with Crippen molar-refractivity contribution in [3.05, 3.63) is 47.0 Å². The smallest absolute Gasteiger partial charge is 0.419 e. The number of rotatable bonds is 6. The summed E-state index contributed by atoms with van der Waals surface area (Å²) < 4.78 is 59.9. The number of aromatic nitrogens is 3. The minimum atomic E-state index is -4.95. The lowest BCUT2D eigenvalue weighted by atomic mass is 10.1. The summed E-state index contributed by atoms with van der Waals surface area (Å²) in [6, 6.07) is 0.869. The van der Waals surface area contributed by atoms with Gasteiger partial charge in [0.1, 0.15) is 23.7 Å². The van der Waals surface area contributed by atoms with Gasteiger partial charge in [0.05, 0.1) is 16.6 Å². The molecular formula is C23H24F4N6O3. The summed E-state index contributed by atoms with van der Waals surface area (Å²) in [6.45, 7) is 4.60. The third-order valence-electron chi connectivity index (χ3n) is 5.83. The second kappa shape index (κ2) is 10.1. The first-order valence-corrected chi connectivity index (χ1v) is 11.2. The average molecular weight is 508 g/mol. The molecule has 4 rings (SSSR count). The molecule has 3 amide bonds. The van der Waals surface area contributed by atoms with E-state index in [1.807, 2.05) is 0 Å². The van der Waals surface area contributed by atoms with Crippen molar-refractivity contribution in [2.45, 2.75) is 25.9 Å². The number of fused-ring (bicyclic) bond motifs is 1. The van der Waals surface area contributed by atoms with E-state index < -0.39 is 29.5 Å². The van der Waals surface area contributed by atoms with E-state index in [4.69, 9.17) is 4.74 Å². The number of carbonyl (C=O) groups excluding carboxylic acids is 2. The van der Waals surface area contributed by atoms with Crippen LogP contribution >= 0.6 is 0 Å². The molecule has 0 spiro atoms. The number of pyridine rings is 1. The summed E-state index contributed by atoms with van der Waals surface area (Å²) in [5.41, 5.74) is -0.864. The summed E-state index contributed by atoms with van der Waals surface area (Å²) in [5, 5.41) is 9.00. The Morgan fingerprint density at radius 1 is 1.19 bits per heavy atom. The van der Waals surface area contributed by atoms with Crippen LogP contribution in [-0.2, 0) is 13.2 Å². The number of amides is 3. The van der Waals surface area contributed by atoms with Gasteiger partial charge >= 0.3 is 12.2 Å². The van der Waals surface area contributed by atoms with Gasteiger partial charge in [0, 0.05) is 25.5 Å². The first kappa shape index (κ1) is 25.4. The minimum absolute atomic E-state index is 0.0368. The molecule has 0 atom stereocenters. The van der Waals surface area contributed by atoms with Crippen LogP contribution in [-0.4, -0.2) is 57.8 Å². The highest BCUT2D eigenvalue weighted by Gasteiger charge is 2.34. The number of imide groups is 1. The van der Waals surface area contributed by atoms with Gasteiger partial charge in [-0.25, -0.2) is 14.2 Å². The van der Waals surface area contributed by atoms with Crippen LogP contribution in [0.4, 0.5) is 28.0 Å². The third kappa shape index (κ3) is 5.40. The van der Waals surface area contributed by atoms with Gasteiger partial charge in [-0.2, -0.15) is 18.3 Å². The molecule has 0 unspecified atom stereocenters. The van der Waals surface area contributed by atoms with Crippen molar-refractivity contribution in [3.8, 4) is 5.75 Å². The number of alkyl halides is 3. The number of nitrogens with zero attached hydrogens (tertiary/aromatic N) is 4. The molecule has 13 heteroatoms. The lowest BCUT2D eigenvalue weighted by molar-refractivity contribution is -0.139. The lowest BCUT2D eigenvalue weighted by Gasteiger charge is -2.17. The normalized spacial score (nSPS) is 14.3. The topological polar surface area (TPSA) is 101 Å². The Kier molecular flexibility index (Phi) is 7.11. The van der Waals surface area contributed by atoms with E-state index in [-0.39, 0.29) is 23.6 Å². The molecule has 2 N–H and O–H groups in total. The van der Waals surface area contributed by atoms with E-state index in [0.29, 0.717) is 35.4 Å². The number of carbonyl (C=O) groups is 2. The first-order valence-electron chi connectivity index (χ1n) is 11.2. The van der Waals surface area contributed by atoms with E-state index in [1.54, 1.807) is 18.7 Å². The van der Waals surface area contributed by atoms with Crippen molar-refractivity contribution in [2.24, 2.45) is 7.05 Å². The maximum atomic E-state index is 13.5. The van der Waals surface area contributed by atoms with Crippen LogP contribution in [0.15, 0.2) is 24.4 Å². The van der Waals surface area contributed by atoms with E-state index in [1.165, 1.54) is 6.20 Å². The number of hydrogen-bond donors (Lipinski definition) is 2. The zero-order chi connectivity index (χ0) is 26.0. The Balaban J connectivity index is 1.54. The lowest BCUT2D eigenvalue weighted by Crippen LogP contribution is -2.35. The standard InChI is InChI=1S/C23H24F4N6O3/c1-13-18-19(36-10-9-33-7-3-4-8-33)15(12-28-20(18)32(2)31-13)21(34)30-22(35)29-14-5-6-17(24)16(11-14)23(25,26)27/h5-6,11-12H,3-4,7-10H2,1-2H3,(H2,29,30,34,35). The predicted octanol–water partition coefficient (Wildman–Crippen LogP) is 3.87. The summed E-state index contributed by atoms with van der Waals surface area (Å²) in [5.74, 6) is -2.15. The SMILES string of the molecule is Cc1nn(C)c2ncc(C(=O)NC(=O)Nc3ccc(F)c(C(F)(F)F)c3)c(OCCN3CCCC3)c12. The van der Waals surface area contributed by atoms with Gasteiger partial charge in [-0.3, -0.25) is 19.7 Å². The van der Waals surface area contributed by atoms with Gasteiger partial charge in [0.15, 0.2) is 5.65 Å². The highest BCUT2D eigenvalue weighted by Crippen LogP contribution is 2.33. The fourth-order valence-electron chi connectivity index (χ4n) is 4.13. The Morgan fingerprint density at radius 2 is 1.92 bits per heavy atom. The maximum Gasteiger partial charge on any atom is 0.419 e. The van der Waals surface area contributed by atoms with Gasteiger partial charge < -0.3 is 10.1 Å². The van der Waals surface area contributed by atoms with Crippen molar-refractivity contribution < 1.29 is 31.9 Å². The number of halogens is 4. The van der Waals surface area contributed by atoms with E-state index in [0.717, 1.165) is 32.0 Å². The summed E-state index contributed by atoms with van der Waals surface area (Å²) in [4.78, 5) is 31.8. The van der Waals surface area contributed by atoms with Gasteiger partial charge in [0.25, 0.3) is 5.91 Å². The van der Waals surface area contributed by atoms with Gasteiger partial charge in [-0.1, -0.05) is 0 Å². The van der Waals surface area contributed by atoms with Crippen LogP contribution in [0.2, 0.25) is 0 Å². The van der Waals surface area contributed by atoms with Crippen molar-refractivity contribution in [3.63, 3.8) is 0 Å². The van der Waals surface area contributed by atoms with Crippen molar-refractivity contribution in [2.75, 3.05) is 31.6 Å². The Labute approximate surface area is 203 Å².